The number of pyridine rings is 1. The minimum absolute atomic E-state index is 0.224. The van der Waals surface area contributed by atoms with Crippen LogP contribution in [0.15, 0.2) is 61.1 Å². The third-order valence-electron chi connectivity index (χ3n) is 7.43. The average Bonchev–Trinajstić information content (AvgIpc) is 3.51. The van der Waals surface area contributed by atoms with E-state index in [1.54, 1.807) is 0 Å². The van der Waals surface area contributed by atoms with Gasteiger partial charge >= 0.3 is 0 Å². The zero-order chi connectivity index (χ0) is 22.2. The van der Waals surface area contributed by atoms with E-state index in [4.69, 9.17) is 4.98 Å². The molecule has 1 spiro atoms. The highest BCUT2D eigenvalue weighted by atomic mass is 19.1. The summed E-state index contributed by atoms with van der Waals surface area (Å²) in [6, 6.07) is 13.1. The molecule has 0 atom stereocenters. The Labute approximate surface area is 191 Å². The molecule has 3 aliphatic heterocycles. The molecule has 0 saturated carbocycles. The molecule has 0 amide bonds. The van der Waals surface area contributed by atoms with Crippen LogP contribution in [-0.4, -0.2) is 57.2 Å². The van der Waals surface area contributed by atoms with Gasteiger partial charge in [0.2, 0.25) is 0 Å². The van der Waals surface area contributed by atoms with Crippen LogP contribution in [0, 0.1) is 11.2 Å². The van der Waals surface area contributed by atoms with E-state index in [2.05, 4.69) is 55.4 Å². The molecule has 0 unspecified atom stereocenters. The van der Waals surface area contributed by atoms with Crippen molar-refractivity contribution in [3.63, 3.8) is 0 Å². The van der Waals surface area contributed by atoms with E-state index < -0.39 is 0 Å². The van der Waals surface area contributed by atoms with Crippen molar-refractivity contribution >= 4 is 5.82 Å². The second kappa shape index (κ2) is 6.78. The van der Waals surface area contributed by atoms with E-state index >= 15 is 0 Å². The van der Waals surface area contributed by atoms with Crippen molar-refractivity contribution < 1.29 is 4.39 Å². The van der Waals surface area contributed by atoms with Crippen LogP contribution in [0.5, 0.6) is 0 Å². The lowest BCUT2D eigenvalue weighted by molar-refractivity contribution is 0.0424. The molecule has 2 saturated heterocycles. The van der Waals surface area contributed by atoms with Gasteiger partial charge in [0.1, 0.15) is 11.6 Å². The molecule has 6 heterocycles. The third kappa shape index (κ3) is 2.95. The molecule has 0 radical (unpaired) electrons. The standard InChI is InChI=1S/C26H25FN6/c1-30-15-26(16-30)8-10-31(17-26)24-7-6-22-21(29-24)14-32-13-19(18-2-4-20(27)5-3-18)12-23(32)25-28-9-11-33(22)25/h2-7,9,11-13H,8,10,14-17H2,1H3. The Balaban J connectivity index is 1.27. The summed E-state index contributed by atoms with van der Waals surface area (Å²) in [7, 11) is 2.20. The molecule has 7 rings (SSSR count). The highest BCUT2D eigenvalue weighted by Gasteiger charge is 2.46. The molecule has 0 bridgehead atoms. The molecule has 3 aromatic heterocycles. The van der Waals surface area contributed by atoms with E-state index in [0.717, 1.165) is 52.9 Å². The van der Waals surface area contributed by atoms with Crippen LogP contribution in [0.2, 0.25) is 0 Å². The molecule has 2 fully saturated rings. The van der Waals surface area contributed by atoms with Crippen molar-refractivity contribution in [1.29, 1.82) is 0 Å². The first-order chi connectivity index (χ1) is 16.1. The smallest absolute Gasteiger partial charge is 0.161 e. The maximum atomic E-state index is 13.4. The zero-order valence-electron chi connectivity index (χ0n) is 18.6. The highest BCUT2D eigenvalue weighted by molar-refractivity contribution is 5.71. The Bertz CT molecular complexity index is 1360. The van der Waals surface area contributed by atoms with Crippen LogP contribution in [0.4, 0.5) is 10.2 Å². The summed E-state index contributed by atoms with van der Waals surface area (Å²) in [6.07, 6.45) is 7.21. The van der Waals surface area contributed by atoms with Crippen LogP contribution in [0.3, 0.4) is 0 Å². The molecule has 1 aromatic carbocycles. The second-order valence-corrected chi connectivity index (χ2v) is 9.85. The molecular weight excluding hydrogens is 415 g/mol. The first kappa shape index (κ1) is 19.1. The first-order valence-corrected chi connectivity index (χ1v) is 11.5. The van der Waals surface area contributed by atoms with Gasteiger partial charge in [-0.2, -0.15) is 0 Å². The van der Waals surface area contributed by atoms with Gasteiger partial charge in [-0.15, -0.1) is 0 Å². The van der Waals surface area contributed by atoms with Gasteiger partial charge in [0, 0.05) is 55.7 Å². The fourth-order valence-corrected chi connectivity index (χ4v) is 5.96. The van der Waals surface area contributed by atoms with E-state index in [1.165, 1.54) is 31.6 Å². The molecule has 33 heavy (non-hydrogen) atoms. The molecule has 166 valence electrons. The molecule has 7 heteroatoms. The van der Waals surface area contributed by atoms with Gasteiger partial charge in [-0.05, 0) is 49.4 Å². The van der Waals surface area contributed by atoms with Gasteiger partial charge in [-0.3, -0.25) is 4.57 Å². The number of fused-ring (bicyclic) bond motifs is 5. The van der Waals surface area contributed by atoms with Crippen molar-refractivity contribution in [1.82, 2.24) is 24.0 Å². The summed E-state index contributed by atoms with van der Waals surface area (Å²) in [5.74, 6) is 1.74. The van der Waals surface area contributed by atoms with Crippen molar-refractivity contribution in [3.05, 3.63) is 72.6 Å². The predicted molar refractivity (Wildman–Crippen MR) is 126 cm³/mol. The molecule has 4 aromatic rings. The number of halogens is 1. The van der Waals surface area contributed by atoms with Crippen LogP contribution in [-0.2, 0) is 6.54 Å². The Morgan fingerprint density at radius 3 is 2.67 bits per heavy atom. The number of rotatable bonds is 2. The number of hydrogen-bond donors (Lipinski definition) is 0. The Morgan fingerprint density at radius 2 is 1.85 bits per heavy atom. The summed E-state index contributed by atoms with van der Waals surface area (Å²) in [4.78, 5) is 14.7. The van der Waals surface area contributed by atoms with Crippen molar-refractivity contribution in [2.75, 3.05) is 38.1 Å². The van der Waals surface area contributed by atoms with Crippen LogP contribution >= 0.6 is 0 Å². The number of imidazole rings is 1. The van der Waals surface area contributed by atoms with E-state index in [-0.39, 0.29) is 5.82 Å². The number of likely N-dealkylation sites (tertiary alicyclic amines) is 1. The lowest BCUT2D eigenvalue weighted by Crippen LogP contribution is -2.55. The quantitative estimate of drug-likeness (QED) is 0.415. The monoisotopic (exact) mass is 440 g/mol. The predicted octanol–water partition coefficient (Wildman–Crippen LogP) is 4.05. The first-order valence-electron chi connectivity index (χ1n) is 11.5. The minimum atomic E-state index is -0.224. The van der Waals surface area contributed by atoms with Crippen LogP contribution < -0.4 is 4.90 Å². The highest BCUT2D eigenvalue weighted by Crippen LogP contribution is 2.40. The molecule has 6 nitrogen and oxygen atoms in total. The second-order valence-electron chi connectivity index (χ2n) is 9.85. The Morgan fingerprint density at radius 1 is 1.00 bits per heavy atom. The summed E-state index contributed by atoms with van der Waals surface area (Å²) >= 11 is 0. The van der Waals surface area contributed by atoms with E-state index in [1.807, 2.05) is 24.5 Å². The lowest BCUT2D eigenvalue weighted by atomic mass is 9.79. The van der Waals surface area contributed by atoms with Gasteiger partial charge in [0.25, 0.3) is 0 Å². The van der Waals surface area contributed by atoms with Crippen LogP contribution in [0.1, 0.15) is 12.1 Å². The van der Waals surface area contributed by atoms with Crippen LogP contribution in [0.25, 0.3) is 28.3 Å². The Kier molecular flexibility index (Phi) is 3.91. The van der Waals surface area contributed by atoms with Gasteiger partial charge < -0.3 is 14.4 Å². The number of anilines is 1. The van der Waals surface area contributed by atoms with Crippen molar-refractivity contribution in [2.24, 2.45) is 5.41 Å². The maximum absolute atomic E-state index is 13.4. The maximum Gasteiger partial charge on any atom is 0.161 e. The van der Waals surface area contributed by atoms with Gasteiger partial charge in [0.15, 0.2) is 5.82 Å². The number of aromatic nitrogens is 4. The topological polar surface area (TPSA) is 42.1 Å². The molecule has 3 aliphatic rings. The lowest BCUT2D eigenvalue weighted by Gasteiger charge is -2.46. The summed E-state index contributed by atoms with van der Waals surface area (Å²) in [5.41, 5.74) is 5.64. The fourth-order valence-electron chi connectivity index (χ4n) is 5.96. The van der Waals surface area contributed by atoms with E-state index in [0.29, 0.717) is 12.0 Å². The third-order valence-corrected chi connectivity index (χ3v) is 7.43. The van der Waals surface area contributed by atoms with Gasteiger partial charge in [-0.1, -0.05) is 12.1 Å². The molecule has 0 N–H and O–H groups in total. The van der Waals surface area contributed by atoms with E-state index in [9.17, 15) is 4.39 Å². The number of nitrogens with zero attached hydrogens (tertiary/aromatic N) is 6. The SMILES string of the molecule is CN1CC2(CCN(c3ccc4c(n3)Cn3cc(-c5ccc(F)cc5)cc3-c3nccn3-4)C2)C1. The average molecular weight is 441 g/mol. The Hall–Kier alpha value is -3.45. The zero-order valence-corrected chi connectivity index (χ0v) is 18.6. The van der Waals surface area contributed by atoms with Gasteiger partial charge in [-0.25, -0.2) is 14.4 Å². The summed E-state index contributed by atoms with van der Waals surface area (Å²) in [5, 5.41) is 0. The fraction of sp³-hybridized carbons (Fsp3) is 0.308. The van der Waals surface area contributed by atoms with Crippen molar-refractivity contribution in [2.45, 2.75) is 13.0 Å². The number of hydrogen-bond acceptors (Lipinski definition) is 4. The summed E-state index contributed by atoms with van der Waals surface area (Å²) in [6.45, 7) is 5.20. The normalized spacial score (nSPS) is 18.5. The molecule has 0 aliphatic carbocycles. The minimum Gasteiger partial charge on any atom is -0.356 e. The van der Waals surface area contributed by atoms with Crippen molar-refractivity contribution in [3.8, 4) is 28.3 Å². The molecular formula is C26H25FN6. The van der Waals surface area contributed by atoms with Gasteiger partial charge in [0.05, 0.1) is 23.6 Å². The summed E-state index contributed by atoms with van der Waals surface area (Å²) < 4.78 is 17.8. The largest absolute Gasteiger partial charge is 0.356 e. The number of benzene rings is 1.